The zero-order chi connectivity index (χ0) is 35.6. The highest BCUT2D eigenvalue weighted by Crippen LogP contribution is 2.45. The topological polar surface area (TPSA) is 37.1 Å². The van der Waals surface area contributed by atoms with E-state index in [0.717, 1.165) is 27.6 Å². The Bertz CT molecular complexity index is 2870. The maximum atomic E-state index is 5.15. The van der Waals surface area contributed by atoms with Crippen LogP contribution in [0.3, 0.4) is 0 Å². The molecule has 0 heterocycles. The highest BCUT2D eigenvalue weighted by molar-refractivity contribution is 6.23. The van der Waals surface area contributed by atoms with E-state index in [1.165, 1.54) is 54.4 Å². The van der Waals surface area contributed by atoms with E-state index in [2.05, 4.69) is 151 Å². The molecule has 9 aromatic carbocycles. The van der Waals surface area contributed by atoms with Crippen LogP contribution in [0.5, 0.6) is 0 Å². The van der Waals surface area contributed by atoms with Gasteiger partial charge in [0, 0.05) is 11.1 Å². The Kier molecular flexibility index (Phi) is 8.43. The monoisotopic (exact) mass is 677 g/mol. The van der Waals surface area contributed by atoms with Gasteiger partial charge >= 0.3 is 0 Å². The van der Waals surface area contributed by atoms with Crippen LogP contribution in [0.15, 0.2) is 203 Å². The number of fused-ring (bicyclic) bond motifs is 4. The molecule has 3 heteroatoms. The predicted molar refractivity (Wildman–Crippen MR) is 227 cm³/mol. The largest absolute Gasteiger partial charge is 0.261 e. The lowest BCUT2D eigenvalue weighted by Gasteiger charge is -2.19. The molecule has 0 radical (unpaired) electrons. The maximum absolute atomic E-state index is 5.15. The van der Waals surface area contributed by atoms with Gasteiger partial charge in [-0.05, 0) is 95.8 Å². The second-order valence-electron chi connectivity index (χ2n) is 13.3. The van der Waals surface area contributed by atoms with Crippen LogP contribution in [0.4, 0.5) is 0 Å². The molecule has 0 bridgehead atoms. The quantitative estimate of drug-likeness (QED) is 0.0954. The highest BCUT2D eigenvalue weighted by atomic mass is 15.0. The number of amidine groups is 2. The van der Waals surface area contributed by atoms with Gasteiger partial charge in [0.15, 0.2) is 11.7 Å². The molecule has 3 nitrogen and oxygen atoms in total. The number of aliphatic imine (C=N–C) groups is 3. The summed E-state index contributed by atoms with van der Waals surface area (Å²) in [6, 6.07) is 66.5. The molecule has 0 fully saturated rings. The summed E-state index contributed by atoms with van der Waals surface area (Å²) in [4.78, 5) is 14.6. The van der Waals surface area contributed by atoms with E-state index in [4.69, 9.17) is 9.98 Å². The van der Waals surface area contributed by atoms with Crippen molar-refractivity contribution in [1.29, 1.82) is 0 Å². The van der Waals surface area contributed by atoms with Crippen LogP contribution in [0.25, 0.3) is 65.3 Å². The summed E-state index contributed by atoms with van der Waals surface area (Å²) >= 11 is 0. The third-order valence-electron chi connectivity index (χ3n) is 10.0. The SMILES string of the molecule is C=NC(=NC(=NCc1ccccc1)c1ccc2c(-c3ccc4ccccc4c3)c3ccccc3c(-c3ccc4ccccc4c3)c2c1)c1ccccc1. The van der Waals surface area contributed by atoms with E-state index >= 15 is 0 Å². The lowest BCUT2D eigenvalue weighted by atomic mass is 9.84. The van der Waals surface area contributed by atoms with Gasteiger partial charge in [0.05, 0.1) is 6.54 Å². The van der Waals surface area contributed by atoms with Crippen molar-refractivity contribution in [2.75, 3.05) is 0 Å². The van der Waals surface area contributed by atoms with Gasteiger partial charge in [-0.25, -0.2) is 9.98 Å². The summed E-state index contributed by atoms with van der Waals surface area (Å²) in [5.41, 5.74) is 7.64. The summed E-state index contributed by atoms with van der Waals surface area (Å²) < 4.78 is 0. The van der Waals surface area contributed by atoms with Crippen LogP contribution in [-0.4, -0.2) is 18.4 Å². The van der Waals surface area contributed by atoms with Crippen LogP contribution >= 0.6 is 0 Å². The van der Waals surface area contributed by atoms with Crippen molar-refractivity contribution >= 4 is 61.5 Å². The van der Waals surface area contributed by atoms with Crippen molar-refractivity contribution in [2.45, 2.75) is 6.54 Å². The molecule has 0 aliphatic carbocycles. The Hall–Kier alpha value is -6.97. The molecule has 0 atom stereocenters. The minimum absolute atomic E-state index is 0.481. The average Bonchev–Trinajstić information content (AvgIpc) is 3.23. The third-order valence-corrected chi connectivity index (χ3v) is 10.0. The summed E-state index contributed by atoms with van der Waals surface area (Å²) in [5, 5.41) is 9.57. The van der Waals surface area contributed by atoms with Gasteiger partial charge in [-0.2, -0.15) is 0 Å². The summed E-state index contributed by atoms with van der Waals surface area (Å²) in [5.74, 6) is 1.13. The van der Waals surface area contributed by atoms with Gasteiger partial charge in [-0.3, -0.25) is 4.99 Å². The van der Waals surface area contributed by atoms with Crippen LogP contribution in [-0.2, 0) is 6.54 Å². The first-order valence-electron chi connectivity index (χ1n) is 17.9. The predicted octanol–water partition coefficient (Wildman–Crippen LogP) is 12.7. The normalized spacial score (nSPS) is 12.2. The van der Waals surface area contributed by atoms with Crippen LogP contribution < -0.4 is 0 Å². The molecule has 0 aliphatic rings. The second kappa shape index (κ2) is 14.0. The van der Waals surface area contributed by atoms with Crippen LogP contribution in [0.2, 0.25) is 0 Å². The van der Waals surface area contributed by atoms with E-state index in [1.54, 1.807) is 0 Å². The Balaban J connectivity index is 1.35. The first kappa shape index (κ1) is 32.0. The fourth-order valence-electron chi connectivity index (χ4n) is 7.45. The molecule has 0 N–H and O–H groups in total. The smallest absolute Gasteiger partial charge is 0.161 e. The van der Waals surface area contributed by atoms with E-state index in [9.17, 15) is 0 Å². The summed E-state index contributed by atoms with van der Waals surface area (Å²) in [7, 11) is 0. The zero-order valence-electron chi connectivity index (χ0n) is 29.2. The summed E-state index contributed by atoms with van der Waals surface area (Å²) in [6.45, 7) is 4.38. The van der Waals surface area contributed by atoms with Crippen molar-refractivity contribution in [1.82, 2.24) is 0 Å². The molecule has 53 heavy (non-hydrogen) atoms. The van der Waals surface area contributed by atoms with Gasteiger partial charge in [0.25, 0.3) is 0 Å². The first-order chi connectivity index (χ1) is 26.2. The highest BCUT2D eigenvalue weighted by Gasteiger charge is 2.19. The molecule has 0 amide bonds. The minimum Gasteiger partial charge on any atom is -0.261 e. The Labute approximate surface area is 309 Å². The molecule has 0 saturated heterocycles. The Morgan fingerprint density at radius 3 is 1.51 bits per heavy atom. The lowest BCUT2D eigenvalue weighted by Crippen LogP contribution is -2.06. The van der Waals surface area contributed by atoms with E-state index in [1.807, 2.05) is 48.5 Å². The number of rotatable bonds is 6. The molecule has 9 aromatic rings. The van der Waals surface area contributed by atoms with Gasteiger partial charge in [-0.1, -0.05) is 170 Å². The number of hydrogen-bond donors (Lipinski definition) is 0. The van der Waals surface area contributed by atoms with Crippen molar-refractivity contribution in [3.05, 3.63) is 205 Å². The minimum atomic E-state index is 0.481. The molecule has 0 aliphatic heterocycles. The average molecular weight is 678 g/mol. The molecule has 9 rings (SSSR count). The lowest BCUT2D eigenvalue weighted by molar-refractivity contribution is 1.06. The van der Waals surface area contributed by atoms with Gasteiger partial charge in [-0.15, -0.1) is 0 Å². The number of benzene rings is 9. The summed E-state index contributed by atoms with van der Waals surface area (Å²) in [6.07, 6.45) is 0. The fourth-order valence-corrected chi connectivity index (χ4v) is 7.45. The number of hydrogen-bond acceptors (Lipinski definition) is 1. The van der Waals surface area contributed by atoms with Gasteiger partial charge in [0.2, 0.25) is 0 Å². The van der Waals surface area contributed by atoms with Crippen LogP contribution in [0.1, 0.15) is 16.7 Å². The van der Waals surface area contributed by atoms with Gasteiger partial charge < -0.3 is 0 Å². The van der Waals surface area contributed by atoms with Crippen LogP contribution in [0, 0.1) is 0 Å². The van der Waals surface area contributed by atoms with E-state index in [0.29, 0.717) is 18.2 Å². The Morgan fingerprint density at radius 1 is 0.396 bits per heavy atom. The standard InChI is InChI=1S/C50H35N3/c1-51-49(37-18-6-3-7-19-37)53-50(52-33-34-14-4-2-5-15-34)42-28-29-45-46(32-42)48(41-27-25-36-17-9-11-21-39(36)31-41)44-23-13-12-22-43(44)47(45)40-26-24-35-16-8-10-20-38(35)30-40/h2-32H,1,33H2. The third kappa shape index (κ3) is 6.19. The fraction of sp³-hybridized carbons (Fsp3) is 0.0200. The zero-order valence-corrected chi connectivity index (χ0v) is 29.2. The van der Waals surface area contributed by atoms with Crippen molar-refractivity contribution in [3.63, 3.8) is 0 Å². The van der Waals surface area contributed by atoms with Crippen molar-refractivity contribution < 1.29 is 0 Å². The molecular weight excluding hydrogens is 643 g/mol. The van der Waals surface area contributed by atoms with Crippen molar-refractivity contribution in [3.8, 4) is 22.3 Å². The molecule has 250 valence electrons. The molecule has 0 saturated carbocycles. The van der Waals surface area contributed by atoms with E-state index in [-0.39, 0.29) is 0 Å². The number of nitrogens with zero attached hydrogens (tertiary/aromatic N) is 3. The maximum Gasteiger partial charge on any atom is 0.161 e. The first-order valence-corrected chi connectivity index (χ1v) is 17.9. The Morgan fingerprint density at radius 2 is 0.906 bits per heavy atom. The van der Waals surface area contributed by atoms with E-state index < -0.39 is 0 Å². The van der Waals surface area contributed by atoms with Crippen molar-refractivity contribution in [2.24, 2.45) is 15.0 Å². The second-order valence-corrected chi connectivity index (χ2v) is 13.3. The van der Waals surface area contributed by atoms with Gasteiger partial charge in [0.1, 0.15) is 0 Å². The molecular formula is C50H35N3. The molecule has 0 aromatic heterocycles. The molecule has 0 spiro atoms. The molecule has 0 unspecified atom stereocenters.